The van der Waals surface area contributed by atoms with E-state index in [0.717, 1.165) is 45.3 Å². The molecule has 0 unspecified atom stereocenters. The highest BCUT2D eigenvalue weighted by atomic mass is 16.2. The summed E-state index contributed by atoms with van der Waals surface area (Å²) in [6, 6.07) is 2.38. The summed E-state index contributed by atoms with van der Waals surface area (Å²) in [5, 5.41) is 4.26. The highest BCUT2D eigenvalue weighted by molar-refractivity contribution is 5.89. The van der Waals surface area contributed by atoms with E-state index in [0.29, 0.717) is 24.9 Å². The Hall–Kier alpha value is -1.85. The van der Waals surface area contributed by atoms with E-state index < -0.39 is 0 Å². The molecular weight excluding hydrogens is 292 g/mol. The summed E-state index contributed by atoms with van der Waals surface area (Å²) in [7, 11) is 0. The van der Waals surface area contributed by atoms with Gasteiger partial charge < -0.3 is 9.80 Å². The molecule has 6 heteroatoms. The van der Waals surface area contributed by atoms with Crippen molar-refractivity contribution in [1.29, 1.82) is 0 Å². The van der Waals surface area contributed by atoms with Crippen LogP contribution in [0.3, 0.4) is 0 Å². The van der Waals surface area contributed by atoms with Gasteiger partial charge in [-0.15, -0.1) is 0 Å². The fourth-order valence-corrected chi connectivity index (χ4v) is 3.90. The van der Waals surface area contributed by atoms with Crippen LogP contribution in [0, 0.1) is 11.8 Å². The molecular formula is C17H24N4O2. The molecule has 0 spiro atoms. The van der Waals surface area contributed by atoms with Crippen molar-refractivity contribution in [1.82, 2.24) is 19.6 Å². The predicted octanol–water partition coefficient (Wildman–Crippen LogP) is 1.13. The van der Waals surface area contributed by atoms with E-state index in [9.17, 15) is 9.59 Å². The molecule has 1 aromatic heterocycles. The largest absolute Gasteiger partial charge is 0.342 e. The Bertz CT molecular complexity index is 573. The number of aromatic nitrogens is 2. The Kier molecular flexibility index (Phi) is 3.83. The maximum absolute atomic E-state index is 12.7. The Morgan fingerprint density at radius 1 is 1.22 bits per heavy atom. The normalized spacial score (nSPS) is 26.1. The summed E-state index contributed by atoms with van der Waals surface area (Å²) < 4.78 is 1.98. The van der Waals surface area contributed by atoms with Crippen LogP contribution in [-0.2, 0) is 16.1 Å². The zero-order chi connectivity index (χ0) is 15.8. The van der Waals surface area contributed by atoms with Crippen LogP contribution in [0.2, 0.25) is 0 Å². The molecule has 0 bridgehead atoms. The molecule has 0 aromatic carbocycles. The first-order valence-corrected chi connectivity index (χ1v) is 8.76. The fraction of sp³-hybridized carbons (Fsp3) is 0.706. The van der Waals surface area contributed by atoms with E-state index in [-0.39, 0.29) is 17.7 Å². The third kappa shape index (κ3) is 3.12. The smallest absolute Gasteiger partial charge is 0.227 e. The summed E-state index contributed by atoms with van der Waals surface area (Å²) >= 11 is 0. The van der Waals surface area contributed by atoms with Crippen LogP contribution in [0.4, 0.5) is 0 Å². The van der Waals surface area contributed by atoms with Gasteiger partial charge in [-0.3, -0.25) is 14.3 Å². The zero-order valence-electron chi connectivity index (χ0n) is 13.4. The average Bonchev–Trinajstić information content (AvgIpc) is 3.13. The van der Waals surface area contributed by atoms with Crippen molar-refractivity contribution < 1.29 is 9.59 Å². The van der Waals surface area contributed by atoms with Gasteiger partial charge in [0.1, 0.15) is 0 Å². The lowest BCUT2D eigenvalue weighted by Gasteiger charge is -2.33. The monoisotopic (exact) mass is 316 g/mol. The van der Waals surface area contributed by atoms with Crippen molar-refractivity contribution >= 4 is 11.8 Å². The Labute approximate surface area is 136 Å². The second kappa shape index (κ2) is 5.98. The molecule has 124 valence electrons. The first-order chi connectivity index (χ1) is 11.2. The van der Waals surface area contributed by atoms with Crippen molar-refractivity contribution in [2.75, 3.05) is 19.6 Å². The van der Waals surface area contributed by atoms with Gasteiger partial charge in [-0.2, -0.15) is 5.10 Å². The molecule has 2 saturated heterocycles. The van der Waals surface area contributed by atoms with Crippen LogP contribution >= 0.6 is 0 Å². The van der Waals surface area contributed by atoms with Crippen molar-refractivity contribution in [2.45, 2.75) is 44.7 Å². The van der Waals surface area contributed by atoms with E-state index in [1.54, 1.807) is 6.20 Å². The van der Waals surface area contributed by atoms with Crippen LogP contribution in [0.25, 0.3) is 0 Å². The minimum absolute atomic E-state index is 0.106. The van der Waals surface area contributed by atoms with Gasteiger partial charge in [-0.25, -0.2) is 0 Å². The molecule has 1 saturated carbocycles. The second-order valence-electron chi connectivity index (χ2n) is 7.18. The van der Waals surface area contributed by atoms with Crippen LogP contribution in [0.15, 0.2) is 18.5 Å². The van der Waals surface area contributed by atoms with Gasteiger partial charge in [0.05, 0.1) is 5.92 Å². The zero-order valence-corrected chi connectivity index (χ0v) is 13.4. The molecule has 6 nitrogen and oxygen atoms in total. The van der Waals surface area contributed by atoms with Crippen LogP contribution in [-0.4, -0.2) is 57.1 Å². The molecule has 1 aliphatic carbocycles. The fourth-order valence-electron chi connectivity index (χ4n) is 3.90. The van der Waals surface area contributed by atoms with Crippen LogP contribution in [0.1, 0.15) is 32.1 Å². The Balaban J connectivity index is 1.28. The van der Waals surface area contributed by atoms with Gasteiger partial charge in [-0.1, -0.05) is 0 Å². The highest BCUT2D eigenvalue weighted by Crippen LogP contribution is 2.33. The number of rotatable bonds is 4. The van der Waals surface area contributed by atoms with Crippen LogP contribution in [0.5, 0.6) is 0 Å². The van der Waals surface area contributed by atoms with E-state index in [1.165, 1.54) is 0 Å². The number of carbonyl (C=O) groups is 2. The molecule has 23 heavy (non-hydrogen) atoms. The summed E-state index contributed by atoms with van der Waals surface area (Å²) in [5.41, 5.74) is 0. The molecule has 4 rings (SSSR count). The first kappa shape index (κ1) is 14.7. The third-order valence-corrected chi connectivity index (χ3v) is 5.43. The van der Waals surface area contributed by atoms with Gasteiger partial charge in [0, 0.05) is 51.0 Å². The quantitative estimate of drug-likeness (QED) is 0.837. The predicted molar refractivity (Wildman–Crippen MR) is 84.4 cm³/mol. The van der Waals surface area contributed by atoms with Gasteiger partial charge >= 0.3 is 0 Å². The SMILES string of the molecule is O=C([C@H]1CC(=O)N(C2CC2)C1)N1CCC(Cn2cccn2)CC1. The summed E-state index contributed by atoms with van der Waals surface area (Å²) in [4.78, 5) is 28.6. The molecule has 2 aliphatic heterocycles. The molecule has 0 N–H and O–H groups in total. The topological polar surface area (TPSA) is 58.4 Å². The lowest BCUT2D eigenvalue weighted by Crippen LogP contribution is -2.43. The Morgan fingerprint density at radius 3 is 2.65 bits per heavy atom. The molecule has 1 atom stereocenters. The van der Waals surface area contributed by atoms with Crippen molar-refractivity contribution in [3.63, 3.8) is 0 Å². The van der Waals surface area contributed by atoms with E-state index in [2.05, 4.69) is 5.10 Å². The number of piperidine rings is 1. The van der Waals surface area contributed by atoms with Gasteiger partial charge in [0.25, 0.3) is 0 Å². The van der Waals surface area contributed by atoms with Crippen molar-refractivity contribution in [3.05, 3.63) is 18.5 Å². The average molecular weight is 316 g/mol. The maximum Gasteiger partial charge on any atom is 0.227 e. The molecule has 3 fully saturated rings. The molecule has 2 amide bonds. The van der Waals surface area contributed by atoms with E-state index in [1.807, 2.05) is 26.7 Å². The second-order valence-corrected chi connectivity index (χ2v) is 7.18. The number of amides is 2. The summed E-state index contributed by atoms with van der Waals surface area (Å²) in [6.07, 6.45) is 8.51. The van der Waals surface area contributed by atoms with Crippen LogP contribution < -0.4 is 0 Å². The Morgan fingerprint density at radius 2 is 2.00 bits per heavy atom. The molecule has 3 aliphatic rings. The lowest BCUT2D eigenvalue weighted by atomic mass is 9.95. The molecule has 1 aromatic rings. The summed E-state index contributed by atoms with van der Waals surface area (Å²) in [5.74, 6) is 0.858. The minimum Gasteiger partial charge on any atom is -0.342 e. The van der Waals surface area contributed by atoms with E-state index >= 15 is 0 Å². The first-order valence-electron chi connectivity index (χ1n) is 8.76. The molecule has 3 heterocycles. The molecule has 0 radical (unpaired) electrons. The maximum atomic E-state index is 12.7. The number of likely N-dealkylation sites (tertiary alicyclic amines) is 2. The number of hydrogen-bond donors (Lipinski definition) is 0. The van der Waals surface area contributed by atoms with Crippen molar-refractivity contribution in [2.24, 2.45) is 11.8 Å². The summed E-state index contributed by atoms with van der Waals surface area (Å²) in [6.45, 7) is 3.22. The van der Waals surface area contributed by atoms with Crippen molar-refractivity contribution in [3.8, 4) is 0 Å². The third-order valence-electron chi connectivity index (χ3n) is 5.43. The van der Waals surface area contributed by atoms with Gasteiger partial charge in [-0.05, 0) is 37.7 Å². The standard InChI is InChI=1S/C17H24N4O2/c22-16-10-14(12-21(16)15-2-3-15)17(23)19-8-4-13(5-9-19)11-20-7-1-6-18-20/h1,6-7,13-15H,2-5,8-12H2/t14-/m0/s1. The number of carbonyl (C=O) groups excluding carboxylic acids is 2. The van der Waals surface area contributed by atoms with Gasteiger partial charge in [0.15, 0.2) is 0 Å². The minimum atomic E-state index is -0.106. The van der Waals surface area contributed by atoms with Gasteiger partial charge in [0.2, 0.25) is 11.8 Å². The lowest BCUT2D eigenvalue weighted by molar-refractivity contribution is -0.137. The van der Waals surface area contributed by atoms with E-state index in [4.69, 9.17) is 0 Å². The number of nitrogens with zero attached hydrogens (tertiary/aromatic N) is 4. The number of hydrogen-bond acceptors (Lipinski definition) is 3. The highest BCUT2D eigenvalue weighted by Gasteiger charge is 2.43.